The van der Waals surface area contributed by atoms with Gasteiger partial charge in [-0.2, -0.15) is 0 Å². The third-order valence-corrected chi connectivity index (χ3v) is 4.09. The fraction of sp³-hybridized carbons (Fsp3) is 0.455. The maximum atomic E-state index is 11.2. The minimum Gasteiger partial charge on any atom is -0.490 e. The normalized spacial score (nSPS) is 11.9. The van der Waals surface area contributed by atoms with Crippen molar-refractivity contribution in [1.29, 1.82) is 0 Å². The first-order valence-electron chi connectivity index (χ1n) is 5.28. The van der Waals surface area contributed by atoms with Gasteiger partial charge in [0, 0.05) is 10.7 Å². The average Bonchev–Trinajstić information content (AvgIpc) is 2.20. The topological polar surface area (TPSA) is 43.4 Å². The number of rotatable bonds is 5. The summed E-state index contributed by atoms with van der Waals surface area (Å²) in [5.74, 6) is 0.771. The smallest absolute Gasteiger partial charge is 0.261 e. The van der Waals surface area contributed by atoms with Gasteiger partial charge in [-0.3, -0.25) is 0 Å². The lowest BCUT2D eigenvalue weighted by Crippen LogP contribution is -2.03. The summed E-state index contributed by atoms with van der Waals surface area (Å²) in [6.45, 7) is 4.59. The standard InChI is InChI=1S/C11H13Cl3O3S/c1-7(2)3-4-17-11-9(12)5-8(6-10(11)13)18(14,15)16/h5-7H,3-4H2,1-2H3. The zero-order valence-electron chi connectivity index (χ0n) is 9.91. The van der Waals surface area contributed by atoms with Crippen LogP contribution in [0.5, 0.6) is 5.75 Å². The molecule has 1 aromatic carbocycles. The lowest BCUT2D eigenvalue weighted by Gasteiger charge is -2.12. The van der Waals surface area contributed by atoms with Crippen LogP contribution in [0, 0.1) is 5.92 Å². The quantitative estimate of drug-likeness (QED) is 0.754. The molecule has 0 atom stereocenters. The van der Waals surface area contributed by atoms with Crippen LogP contribution in [0.1, 0.15) is 20.3 Å². The van der Waals surface area contributed by atoms with Crippen LogP contribution in [-0.4, -0.2) is 15.0 Å². The van der Waals surface area contributed by atoms with Gasteiger partial charge in [0.15, 0.2) is 5.75 Å². The second-order valence-electron chi connectivity index (χ2n) is 4.18. The molecule has 0 spiro atoms. The van der Waals surface area contributed by atoms with Gasteiger partial charge in [0.25, 0.3) is 9.05 Å². The largest absolute Gasteiger partial charge is 0.490 e. The molecule has 0 unspecified atom stereocenters. The Morgan fingerprint density at radius 2 is 1.72 bits per heavy atom. The summed E-state index contributed by atoms with van der Waals surface area (Å²) in [4.78, 5) is -0.143. The van der Waals surface area contributed by atoms with Crippen LogP contribution in [0.4, 0.5) is 0 Å². The monoisotopic (exact) mass is 330 g/mol. The van der Waals surface area contributed by atoms with Crippen molar-refractivity contribution in [1.82, 2.24) is 0 Å². The van der Waals surface area contributed by atoms with Crippen molar-refractivity contribution in [2.24, 2.45) is 5.92 Å². The van der Waals surface area contributed by atoms with Crippen LogP contribution in [0.2, 0.25) is 10.0 Å². The van der Waals surface area contributed by atoms with E-state index in [0.717, 1.165) is 6.42 Å². The Kier molecular flexibility index (Phi) is 5.59. The van der Waals surface area contributed by atoms with E-state index in [1.54, 1.807) is 0 Å². The summed E-state index contributed by atoms with van der Waals surface area (Å²) in [6.07, 6.45) is 0.849. The third kappa shape index (κ3) is 4.50. The lowest BCUT2D eigenvalue weighted by atomic mass is 10.1. The molecule has 0 aliphatic carbocycles. The van der Waals surface area contributed by atoms with Gasteiger partial charge in [-0.05, 0) is 24.5 Å². The number of ether oxygens (including phenoxy) is 1. The molecule has 1 aromatic rings. The van der Waals surface area contributed by atoms with E-state index < -0.39 is 9.05 Å². The second-order valence-corrected chi connectivity index (χ2v) is 7.57. The Balaban J connectivity index is 2.95. The molecule has 0 aliphatic rings. The molecule has 3 nitrogen and oxygen atoms in total. The number of hydrogen-bond donors (Lipinski definition) is 0. The first-order valence-corrected chi connectivity index (χ1v) is 8.35. The van der Waals surface area contributed by atoms with Crippen molar-refractivity contribution in [2.45, 2.75) is 25.2 Å². The minimum atomic E-state index is -3.85. The molecule has 0 bridgehead atoms. The maximum Gasteiger partial charge on any atom is 0.261 e. The van der Waals surface area contributed by atoms with Gasteiger partial charge >= 0.3 is 0 Å². The van der Waals surface area contributed by atoms with E-state index >= 15 is 0 Å². The highest BCUT2D eigenvalue weighted by atomic mass is 35.7. The van der Waals surface area contributed by atoms with E-state index in [0.29, 0.717) is 12.5 Å². The summed E-state index contributed by atoms with van der Waals surface area (Å²) >= 11 is 11.8. The molecule has 7 heteroatoms. The van der Waals surface area contributed by atoms with Crippen molar-refractivity contribution in [3.63, 3.8) is 0 Å². The average molecular weight is 332 g/mol. The maximum absolute atomic E-state index is 11.2. The Morgan fingerprint density at radius 1 is 1.22 bits per heavy atom. The van der Waals surface area contributed by atoms with Gasteiger partial charge in [-0.25, -0.2) is 8.42 Å². The number of halogens is 3. The predicted octanol–water partition coefficient (Wildman–Crippen LogP) is 4.35. The van der Waals surface area contributed by atoms with Crippen LogP contribution in [0.15, 0.2) is 17.0 Å². The van der Waals surface area contributed by atoms with Crippen LogP contribution < -0.4 is 4.74 Å². The zero-order chi connectivity index (χ0) is 13.9. The molecular formula is C11H13Cl3O3S. The fourth-order valence-corrected chi connectivity index (χ4v) is 2.72. The molecule has 0 amide bonds. The van der Waals surface area contributed by atoms with E-state index in [1.165, 1.54) is 12.1 Å². The molecule has 0 fully saturated rings. The van der Waals surface area contributed by atoms with Crippen molar-refractivity contribution < 1.29 is 13.2 Å². The van der Waals surface area contributed by atoms with Crippen LogP contribution in [0.3, 0.4) is 0 Å². The van der Waals surface area contributed by atoms with Gasteiger partial charge in [0.1, 0.15) is 0 Å². The van der Waals surface area contributed by atoms with Gasteiger partial charge in [-0.15, -0.1) is 0 Å². The Morgan fingerprint density at radius 3 is 2.11 bits per heavy atom. The Labute approximate surface area is 121 Å². The first kappa shape index (κ1) is 15.9. The van der Waals surface area contributed by atoms with Crippen molar-refractivity contribution in [3.05, 3.63) is 22.2 Å². The Bertz CT molecular complexity index is 503. The second kappa shape index (κ2) is 6.33. The SMILES string of the molecule is CC(C)CCOc1c(Cl)cc(S(=O)(=O)Cl)cc1Cl. The summed E-state index contributed by atoms with van der Waals surface area (Å²) in [7, 11) is 1.36. The van der Waals surface area contributed by atoms with E-state index in [9.17, 15) is 8.42 Å². The Hall–Kier alpha value is -0.160. The molecule has 1 rings (SSSR count). The van der Waals surface area contributed by atoms with E-state index in [-0.39, 0.29) is 20.7 Å². The first-order chi connectivity index (χ1) is 8.21. The van der Waals surface area contributed by atoms with Crippen molar-refractivity contribution in [3.8, 4) is 5.75 Å². The van der Waals surface area contributed by atoms with Crippen molar-refractivity contribution >= 4 is 42.9 Å². The minimum absolute atomic E-state index is 0.130. The molecule has 0 saturated heterocycles. The highest BCUT2D eigenvalue weighted by molar-refractivity contribution is 8.13. The van der Waals surface area contributed by atoms with E-state index in [1.807, 2.05) is 0 Å². The molecule has 0 aliphatic heterocycles. The summed E-state index contributed by atoms with van der Waals surface area (Å²) in [5, 5.41) is 0.260. The third-order valence-electron chi connectivity index (χ3n) is 2.19. The highest BCUT2D eigenvalue weighted by Crippen LogP contribution is 2.36. The van der Waals surface area contributed by atoms with Crippen LogP contribution >= 0.6 is 33.9 Å². The van der Waals surface area contributed by atoms with Gasteiger partial charge in [-0.1, -0.05) is 37.0 Å². The van der Waals surface area contributed by atoms with E-state index in [2.05, 4.69) is 13.8 Å². The molecule has 18 heavy (non-hydrogen) atoms. The molecular weight excluding hydrogens is 319 g/mol. The van der Waals surface area contributed by atoms with Gasteiger partial charge < -0.3 is 4.74 Å². The molecule has 0 saturated carbocycles. The predicted molar refractivity (Wildman–Crippen MR) is 74.5 cm³/mol. The summed E-state index contributed by atoms with van der Waals surface area (Å²) in [6, 6.07) is 2.45. The van der Waals surface area contributed by atoms with Crippen LogP contribution in [-0.2, 0) is 9.05 Å². The molecule has 0 radical (unpaired) electrons. The van der Waals surface area contributed by atoms with Gasteiger partial charge in [0.2, 0.25) is 0 Å². The van der Waals surface area contributed by atoms with Gasteiger partial charge in [0.05, 0.1) is 21.5 Å². The van der Waals surface area contributed by atoms with Crippen molar-refractivity contribution in [2.75, 3.05) is 6.61 Å². The number of benzene rings is 1. The lowest BCUT2D eigenvalue weighted by molar-refractivity contribution is 0.289. The molecule has 102 valence electrons. The molecule has 0 aromatic heterocycles. The van der Waals surface area contributed by atoms with Crippen LogP contribution in [0.25, 0.3) is 0 Å². The highest BCUT2D eigenvalue weighted by Gasteiger charge is 2.17. The van der Waals surface area contributed by atoms with E-state index in [4.69, 9.17) is 38.6 Å². The summed E-state index contributed by atoms with van der Waals surface area (Å²) in [5.41, 5.74) is 0. The molecule has 0 N–H and O–H groups in total. The molecule has 0 heterocycles. The number of hydrogen-bond acceptors (Lipinski definition) is 3. The zero-order valence-corrected chi connectivity index (χ0v) is 13.0. The summed E-state index contributed by atoms with van der Waals surface area (Å²) < 4.78 is 27.8. The fourth-order valence-electron chi connectivity index (χ4n) is 1.21.